The van der Waals surface area contributed by atoms with Gasteiger partial charge in [-0.25, -0.2) is 9.50 Å². The number of aliphatic hydroxyl groups is 2. The van der Waals surface area contributed by atoms with E-state index in [4.69, 9.17) is 17.9 Å². The van der Waals surface area contributed by atoms with Crippen LogP contribution in [-0.2, 0) is 19.9 Å². The summed E-state index contributed by atoms with van der Waals surface area (Å²) in [6.45, 7) is 0.576. The number of rotatable bonds is 6. The molecule has 0 saturated carbocycles. The Balaban J connectivity index is 2.16. The molecule has 3 heterocycles. The zero-order valence-electron chi connectivity index (χ0n) is 17.4. The minimum absolute atomic E-state index is 0.0437. The number of aromatic nitrogens is 3. The van der Waals surface area contributed by atoms with Crippen molar-refractivity contribution in [3.8, 4) is 6.07 Å². The van der Waals surface area contributed by atoms with Crippen LogP contribution in [0.2, 0.25) is 0 Å². The number of hydrogen-bond acceptors (Lipinski definition) is 9. The molecule has 3 rings (SSSR count). The summed E-state index contributed by atoms with van der Waals surface area (Å²) in [5, 5.41) is 34.7. The smallest absolute Gasteiger partial charge is 0.309 e. The molecule has 0 bridgehead atoms. The Morgan fingerprint density at radius 1 is 1.57 bits per heavy atom. The number of carbonyl (C=O) groups excluding carboxylic acids is 1. The summed E-state index contributed by atoms with van der Waals surface area (Å²) >= 11 is 0. The van der Waals surface area contributed by atoms with Gasteiger partial charge >= 0.3 is 5.97 Å². The molecule has 0 amide bonds. The number of ether oxygens (including phenoxy) is 2. The number of nitrogens with two attached hydrogens (primary N) is 1. The van der Waals surface area contributed by atoms with E-state index in [9.17, 15) is 20.3 Å². The van der Waals surface area contributed by atoms with Crippen molar-refractivity contribution in [2.75, 3.05) is 12.3 Å². The first-order valence-electron chi connectivity index (χ1n) is 9.89. The number of aliphatic hydroxyl groups excluding tert-OH is 1. The molecular formula is C18H23N5O5. The van der Waals surface area contributed by atoms with Gasteiger partial charge in [0.25, 0.3) is 0 Å². The van der Waals surface area contributed by atoms with Gasteiger partial charge in [-0.15, -0.1) is 0 Å². The standard InChI is InChI=1S/C18H23N5O5/c1-3-10(4-2)17(26)27-15-14(25)12(7-24)28-18(15,8-19)13-6-5-11-16(20)21-9-22-23(11)13/h5-6,9-10,12,14-15,24-25H,3-4,7H2,1-2H3,(H2,20,21,22)/t12-,14-,15-,18+/m1/s1/i7D2. The van der Waals surface area contributed by atoms with Crippen LogP contribution in [0.4, 0.5) is 5.82 Å². The van der Waals surface area contributed by atoms with Gasteiger partial charge < -0.3 is 25.4 Å². The maximum atomic E-state index is 12.6. The zero-order valence-corrected chi connectivity index (χ0v) is 15.4. The molecule has 2 aromatic heterocycles. The number of anilines is 1. The van der Waals surface area contributed by atoms with Crippen LogP contribution >= 0.6 is 0 Å². The zero-order chi connectivity index (χ0) is 22.3. The normalized spacial score (nSPS) is 28.8. The highest BCUT2D eigenvalue weighted by atomic mass is 16.6. The third kappa shape index (κ3) is 2.97. The molecule has 150 valence electrons. The van der Waals surface area contributed by atoms with Gasteiger partial charge in [-0.1, -0.05) is 13.8 Å². The molecule has 4 N–H and O–H groups in total. The molecular weight excluding hydrogens is 366 g/mol. The van der Waals surface area contributed by atoms with Crippen molar-refractivity contribution in [2.45, 2.75) is 50.6 Å². The van der Waals surface area contributed by atoms with E-state index in [1.807, 2.05) is 6.07 Å². The predicted octanol–water partition coefficient (Wildman–Crippen LogP) is 0.130. The fraction of sp³-hybridized carbons (Fsp3) is 0.556. The van der Waals surface area contributed by atoms with Gasteiger partial charge in [0.2, 0.25) is 5.60 Å². The van der Waals surface area contributed by atoms with Crippen molar-refractivity contribution in [1.82, 2.24) is 14.6 Å². The molecule has 4 atom stereocenters. The van der Waals surface area contributed by atoms with E-state index in [1.54, 1.807) is 13.8 Å². The van der Waals surface area contributed by atoms with Crippen LogP contribution in [0.1, 0.15) is 35.1 Å². The Morgan fingerprint density at radius 2 is 2.29 bits per heavy atom. The monoisotopic (exact) mass is 391 g/mol. The number of nitrogen functional groups attached to an aromatic ring is 1. The van der Waals surface area contributed by atoms with Crippen LogP contribution in [0.3, 0.4) is 0 Å². The van der Waals surface area contributed by atoms with Crippen LogP contribution in [-0.4, -0.2) is 55.7 Å². The van der Waals surface area contributed by atoms with Crippen molar-refractivity contribution in [3.05, 3.63) is 24.2 Å². The highest BCUT2D eigenvalue weighted by Crippen LogP contribution is 2.42. The van der Waals surface area contributed by atoms with E-state index >= 15 is 0 Å². The first-order chi connectivity index (χ1) is 14.1. The molecule has 0 unspecified atom stereocenters. The molecule has 1 aliphatic heterocycles. The molecule has 0 aromatic carbocycles. The van der Waals surface area contributed by atoms with Crippen LogP contribution in [0, 0.1) is 17.2 Å². The Morgan fingerprint density at radius 3 is 2.89 bits per heavy atom. The minimum atomic E-state index is -3.02. The molecule has 1 aliphatic rings. The molecule has 0 spiro atoms. The van der Waals surface area contributed by atoms with Crippen molar-refractivity contribution >= 4 is 17.3 Å². The summed E-state index contributed by atoms with van der Waals surface area (Å²) in [5.41, 5.74) is 4.06. The number of carbonyl (C=O) groups is 1. The van der Waals surface area contributed by atoms with E-state index in [1.165, 1.54) is 16.6 Å². The fourth-order valence-electron chi connectivity index (χ4n) is 3.42. The van der Waals surface area contributed by atoms with Gasteiger partial charge in [-0.2, -0.15) is 10.4 Å². The molecule has 1 saturated heterocycles. The molecule has 28 heavy (non-hydrogen) atoms. The molecule has 1 fully saturated rings. The van der Waals surface area contributed by atoms with Gasteiger partial charge in [0, 0.05) is 0 Å². The number of nitriles is 1. The maximum absolute atomic E-state index is 12.6. The van der Waals surface area contributed by atoms with Gasteiger partial charge in [0.15, 0.2) is 11.9 Å². The van der Waals surface area contributed by atoms with E-state index < -0.39 is 42.4 Å². The predicted molar refractivity (Wildman–Crippen MR) is 96.6 cm³/mol. The summed E-state index contributed by atoms with van der Waals surface area (Å²) in [5.74, 6) is -1.04. The third-order valence-corrected chi connectivity index (χ3v) is 5.05. The first kappa shape index (κ1) is 17.4. The second-order valence-corrected chi connectivity index (χ2v) is 6.54. The van der Waals surface area contributed by atoms with Gasteiger partial charge in [0.05, 0.1) is 20.9 Å². The second kappa shape index (κ2) is 7.71. The van der Waals surface area contributed by atoms with Gasteiger partial charge in [0.1, 0.15) is 30.1 Å². The fourth-order valence-corrected chi connectivity index (χ4v) is 3.42. The van der Waals surface area contributed by atoms with Crippen LogP contribution in [0.15, 0.2) is 18.5 Å². The largest absolute Gasteiger partial charge is 0.455 e. The van der Waals surface area contributed by atoms with Crippen molar-refractivity contribution < 1.29 is 27.2 Å². The Hall–Kier alpha value is -2.74. The highest BCUT2D eigenvalue weighted by molar-refractivity contribution is 5.73. The van der Waals surface area contributed by atoms with E-state index in [2.05, 4.69) is 10.1 Å². The Labute approximate surface area is 164 Å². The van der Waals surface area contributed by atoms with Gasteiger partial charge in [-0.3, -0.25) is 4.79 Å². The lowest BCUT2D eigenvalue weighted by atomic mass is 9.92. The quantitative estimate of drug-likeness (QED) is 0.582. The van der Waals surface area contributed by atoms with Crippen LogP contribution in [0.25, 0.3) is 5.52 Å². The summed E-state index contributed by atoms with van der Waals surface area (Å²) in [4.78, 5) is 16.5. The average molecular weight is 391 g/mol. The summed E-state index contributed by atoms with van der Waals surface area (Å²) < 4.78 is 27.5. The van der Waals surface area contributed by atoms with Crippen molar-refractivity contribution in [1.29, 1.82) is 5.26 Å². The van der Waals surface area contributed by atoms with Crippen molar-refractivity contribution in [3.63, 3.8) is 0 Å². The summed E-state index contributed by atoms with van der Waals surface area (Å²) in [6, 6.07) is 4.84. The average Bonchev–Trinajstić information content (AvgIpc) is 3.24. The Kier molecular flexibility index (Phi) is 4.78. The first-order valence-corrected chi connectivity index (χ1v) is 8.89. The molecule has 0 radical (unpaired) electrons. The second-order valence-electron chi connectivity index (χ2n) is 6.54. The van der Waals surface area contributed by atoms with E-state index in [0.29, 0.717) is 18.4 Å². The number of hydrogen-bond donors (Lipinski definition) is 3. The third-order valence-electron chi connectivity index (χ3n) is 5.05. The summed E-state index contributed by atoms with van der Waals surface area (Å²) in [6.07, 6.45) is -3.22. The summed E-state index contributed by atoms with van der Waals surface area (Å²) in [7, 11) is 0. The van der Waals surface area contributed by atoms with Crippen LogP contribution in [0.5, 0.6) is 0 Å². The van der Waals surface area contributed by atoms with E-state index in [-0.39, 0.29) is 11.5 Å². The molecule has 0 aliphatic carbocycles. The topological polar surface area (TPSA) is 156 Å². The molecule has 2 aromatic rings. The van der Waals surface area contributed by atoms with Crippen molar-refractivity contribution in [2.24, 2.45) is 5.92 Å². The SMILES string of the molecule is [2H]C([2H])(O)[C@H]1O[C@@](C#N)(c2ccc3c(N)ncnn23)[C@H](OC(=O)C(CC)CC)[C@@H]1O. The van der Waals surface area contributed by atoms with Crippen LogP contribution < -0.4 is 5.73 Å². The van der Waals surface area contributed by atoms with E-state index in [0.717, 1.165) is 6.33 Å². The lowest BCUT2D eigenvalue weighted by Gasteiger charge is -2.28. The minimum Gasteiger partial charge on any atom is -0.455 e. The number of esters is 1. The Bertz CT molecular complexity index is 983. The molecule has 10 heteroatoms. The lowest BCUT2D eigenvalue weighted by molar-refractivity contribution is -0.165. The number of nitrogens with zero attached hydrogens (tertiary/aromatic N) is 4. The van der Waals surface area contributed by atoms with Gasteiger partial charge in [-0.05, 0) is 25.0 Å². The number of fused-ring (bicyclic) bond motifs is 1. The maximum Gasteiger partial charge on any atom is 0.309 e. The molecule has 10 nitrogen and oxygen atoms in total. The lowest BCUT2D eigenvalue weighted by Crippen LogP contribution is -2.45. The highest BCUT2D eigenvalue weighted by Gasteiger charge is 2.60.